The summed E-state index contributed by atoms with van der Waals surface area (Å²) < 4.78 is 6.14. The number of pyridine rings is 1. The lowest BCUT2D eigenvalue weighted by Gasteiger charge is -2.25. The second kappa shape index (κ2) is 7.06. The van der Waals surface area contributed by atoms with Crippen LogP contribution in [-0.2, 0) is 6.42 Å². The van der Waals surface area contributed by atoms with Crippen molar-refractivity contribution < 1.29 is 4.74 Å². The third kappa shape index (κ3) is 3.58. The number of benzene rings is 1. The minimum atomic E-state index is -0.143. The Morgan fingerprint density at radius 3 is 2.55 bits per heavy atom. The molecular formula is C17H22N2O. The van der Waals surface area contributed by atoms with Crippen molar-refractivity contribution in [2.45, 2.75) is 38.8 Å². The zero-order valence-corrected chi connectivity index (χ0v) is 12.1. The Balaban J connectivity index is 2.24. The Labute approximate surface area is 120 Å². The number of aryl methyl sites for hydroxylation is 1. The minimum absolute atomic E-state index is 0.0392. The topological polar surface area (TPSA) is 48.1 Å². The molecule has 2 aromatic rings. The molecule has 0 aliphatic carbocycles. The summed E-state index contributed by atoms with van der Waals surface area (Å²) in [5.74, 6) is 0.870. The molecule has 2 unspecified atom stereocenters. The van der Waals surface area contributed by atoms with E-state index in [0.717, 1.165) is 24.2 Å². The number of aromatic nitrogens is 1. The molecule has 20 heavy (non-hydrogen) atoms. The van der Waals surface area contributed by atoms with Crippen LogP contribution in [0.5, 0.6) is 5.75 Å². The number of nitrogens with zero attached hydrogens (tertiary/aromatic N) is 1. The van der Waals surface area contributed by atoms with E-state index in [0.29, 0.717) is 0 Å². The molecule has 3 heteroatoms. The Bertz CT molecular complexity index is 528. The van der Waals surface area contributed by atoms with Gasteiger partial charge in [-0.3, -0.25) is 4.98 Å². The monoisotopic (exact) mass is 270 g/mol. The molecule has 1 heterocycles. The summed E-state index contributed by atoms with van der Waals surface area (Å²) in [6.07, 6.45) is 5.26. The summed E-state index contributed by atoms with van der Waals surface area (Å²) >= 11 is 0. The van der Waals surface area contributed by atoms with E-state index in [-0.39, 0.29) is 12.1 Å². The van der Waals surface area contributed by atoms with Crippen molar-refractivity contribution in [3.8, 4) is 5.75 Å². The Morgan fingerprint density at radius 2 is 1.90 bits per heavy atom. The predicted octanol–water partition coefficient (Wildman–Crippen LogP) is 3.50. The second-order valence-electron chi connectivity index (χ2n) is 4.89. The van der Waals surface area contributed by atoms with Crippen LogP contribution in [0.3, 0.4) is 0 Å². The van der Waals surface area contributed by atoms with E-state index in [9.17, 15) is 0 Å². The first-order chi connectivity index (χ1) is 9.74. The van der Waals surface area contributed by atoms with Crippen molar-refractivity contribution in [2.75, 3.05) is 0 Å². The molecule has 1 aromatic carbocycles. The van der Waals surface area contributed by atoms with Gasteiger partial charge >= 0.3 is 0 Å². The Hall–Kier alpha value is -1.87. The van der Waals surface area contributed by atoms with Crippen molar-refractivity contribution in [1.29, 1.82) is 0 Å². The lowest BCUT2D eigenvalue weighted by molar-refractivity contribution is 0.171. The fourth-order valence-corrected chi connectivity index (χ4v) is 2.16. The Kier molecular flexibility index (Phi) is 5.13. The molecule has 2 atom stereocenters. The van der Waals surface area contributed by atoms with Crippen LogP contribution in [0.15, 0.2) is 48.8 Å². The molecule has 0 bridgehead atoms. The SMILES string of the molecule is CCc1cccc(OC(c2ccncc2)C(N)CC)c1. The van der Waals surface area contributed by atoms with Crippen molar-refractivity contribution in [3.63, 3.8) is 0 Å². The quantitative estimate of drug-likeness (QED) is 0.874. The first-order valence-corrected chi connectivity index (χ1v) is 7.15. The van der Waals surface area contributed by atoms with E-state index in [1.807, 2.05) is 24.3 Å². The van der Waals surface area contributed by atoms with Gasteiger partial charge in [-0.2, -0.15) is 0 Å². The van der Waals surface area contributed by atoms with Gasteiger partial charge in [0.2, 0.25) is 0 Å². The van der Waals surface area contributed by atoms with E-state index in [4.69, 9.17) is 10.5 Å². The van der Waals surface area contributed by atoms with Crippen molar-refractivity contribution >= 4 is 0 Å². The third-order valence-electron chi connectivity index (χ3n) is 3.46. The largest absolute Gasteiger partial charge is 0.484 e. The van der Waals surface area contributed by atoms with Gasteiger partial charge in [0.05, 0.1) is 0 Å². The van der Waals surface area contributed by atoms with Gasteiger partial charge in [-0.25, -0.2) is 0 Å². The summed E-state index contributed by atoms with van der Waals surface area (Å²) in [6, 6.07) is 12.1. The first kappa shape index (κ1) is 14.5. The highest BCUT2D eigenvalue weighted by Gasteiger charge is 2.20. The summed E-state index contributed by atoms with van der Waals surface area (Å²) in [7, 11) is 0. The molecule has 0 fully saturated rings. The van der Waals surface area contributed by atoms with Crippen LogP contribution >= 0.6 is 0 Å². The molecule has 3 nitrogen and oxygen atoms in total. The molecule has 0 aliphatic rings. The predicted molar refractivity (Wildman–Crippen MR) is 81.7 cm³/mol. The maximum atomic E-state index is 6.22. The van der Waals surface area contributed by atoms with Crippen LogP contribution in [0.25, 0.3) is 0 Å². The highest BCUT2D eigenvalue weighted by atomic mass is 16.5. The van der Waals surface area contributed by atoms with Gasteiger partial charge in [-0.15, -0.1) is 0 Å². The normalized spacial score (nSPS) is 13.8. The highest BCUT2D eigenvalue weighted by Crippen LogP contribution is 2.25. The number of hydrogen-bond acceptors (Lipinski definition) is 3. The van der Waals surface area contributed by atoms with Crippen LogP contribution in [0.1, 0.15) is 37.5 Å². The van der Waals surface area contributed by atoms with Crippen LogP contribution in [-0.4, -0.2) is 11.0 Å². The molecule has 0 radical (unpaired) electrons. The number of nitrogens with two attached hydrogens (primary N) is 1. The average Bonchev–Trinajstić information content (AvgIpc) is 2.53. The highest BCUT2D eigenvalue weighted by molar-refractivity contribution is 5.30. The number of ether oxygens (including phenoxy) is 1. The minimum Gasteiger partial charge on any atom is -0.484 e. The van der Waals surface area contributed by atoms with Crippen LogP contribution in [0.4, 0.5) is 0 Å². The molecule has 0 amide bonds. The van der Waals surface area contributed by atoms with Crippen molar-refractivity contribution in [2.24, 2.45) is 5.73 Å². The molecule has 2 rings (SSSR count). The molecule has 1 aromatic heterocycles. The molecule has 0 aliphatic heterocycles. The van der Waals surface area contributed by atoms with Crippen LogP contribution in [0.2, 0.25) is 0 Å². The fourth-order valence-electron chi connectivity index (χ4n) is 2.16. The first-order valence-electron chi connectivity index (χ1n) is 7.15. The van der Waals surface area contributed by atoms with E-state index in [1.165, 1.54) is 5.56 Å². The molecule has 0 saturated carbocycles. The van der Waals surface area contributed by atoms with Gasteiger partial charge in [0.15, 0.2) is 0 Å². The van der Waals surface area contributed by atoms with E-state index in [2.05, 4.69) is 31.0 Å². The van der Waals surface area contributed by atoms with Gasteiger partial charge in [-0.1, -0.05) is 26.0 Å². The van der Waals surface area contributed by atoms with E-state index in [1.54, 1.807) is 12.4 Å². The standard InChI is InChI=1S/C17H22N2O/c1-3-13-6-5-7-15(12-13)20-17(16(18)4-2)14-8-10-19-11-9-14/h5-12,16-17H,3-4,18H2,1-2H3. The van der Waals surface area contributed by atoms with Gasteiger partial charge in [-0.05, 0) is 48.2 Å². The summed E-state index contributed by atoms with van der Waals surface area (Å²) in [5.41, 5.74) is 8.55. The molecular weight excluding hydrogens is 248 g/mol. The van der Waals surface area contributed by atoms with E-state index >= 15 is 0 Å². The lowest BCUT2D eigenvalue weighted by atomic mass is 10.0. The second-order valence-corrected chi connectivity index (χ2v) is 4.89. The number of rotatable bonds is 6. The maximum Gasteiger partial charge on any atom is 0.139 e. The maximum absolute atomic E-state index is 6.22. The van der Waals surface area contributed by atoms with Crippen LogP contribution in [0, 0.1) is 0 Å². The average molecular weight is 270 g/mol. The summed E-state index contributed by atoms with van der Waals surface area (Å²) in [5, 5.41) is 0. The fraction of sp³-hybridized carbons (Fsp3) is 0.353. The molecule has 0 saturated heterocycles. The Morgan fingerprint density at radius 1 is 1.15 bits per heavy atom. The van der Waals surface area contributed by atoms with Gasteiger partial charge in [0.25, 0.3) is 0 Å². The van der Waals surface area contributed by atoms with Gasteiger partial charge in [0, 0.05) is 18.4 Å². The van der Waals surface area contributed by atoms with Crippen molar-refractivity contribution in [3.05, 3.63) is 59.9 Å². The molecule has 0 spiro atoms. The summed E-state index contributed by atoms with van der Waals surface area (Å²) in [6.45, 7) is 4.21. The third-order valence-corrected chi connectivity index (χ3v) is 3.46. The number of hydrogen-bond donors (Lipinski definition) is 1. The molecule has 2 N–H and O–H groups in total. The van der Waals surface area contributed by atoms with E-state index < -0.39 is 0 Å². The van der Waals surface area contributed by atoms with Gasteiger partial charge in [0.1, 0.15) is 11.9 Å². The lowest BCUT2D eigenvalue weighted by Crippen LogP contribution is -2.31. The van der Waals surface area contributed by atoms with Gasteiger partial charge < -0.3 is 10.5 Å². The summed E-state index contributed by atoms with van der Waals surface area (Å²) in [4.78, 5) is 4.05. The van der Waals surface area contributed by atoms with Crippen molar-refractivity contribution in [1.82, 2.24) is 4.98 Å². The smallest absolute Gasteiger partial charge is 0.139 e. The zero-order chi connectivity index (χ0) is 14.4. The zero-order valence-electron chi connectivity index (χ0n) is 12.1. The molecule has 106 valence electrons. The van der Waals surface area contributed by atoms with Crippen LogP contribution < -0.4 is 10.5 Å².